The molecule has 142 valence electrons. The number of hydrogen-bond acceptors (Lipinski definition) is 6. The molecule has 6 unspecified atom stereocenters. The second-order valence-corrected chi connectivity index (χ2v) is 7.10. The Hall–Kier alpha value is -1.80. The molecule has 0 spiro atoms. The first kappa shape index (κ1) is 17.3. The Labute approximate surface area is 157 Å². The third-order valence-electron chi connectivity index (χ3n) is 5.34. The first-order valence-corrected chi connectivity index (χ1v) is 9.25. The molecule has 7 atom stereocenters. The molecule has 27 heavy (non-hydrogen) atoms. The molecule has 0 radical (unpaired) electrons. The zero-order valence-electron chi connectivity index (χ0n) is 14.7. The molecule has 3 saturated heterocycles. The Morgan fingerprint density at radius 1 is 0.667 bits per heavy atom. The Balaban J connectivity index is 1.31. The van der Waals surface area contributed by atoms with Crippen LogP contribution in [0.2, 0.25) is 0 Å². The van der Waals surface area contributed by atoms with Crippen molar-refractivity contribution in [2.75, 3.05) is 0 Å². The van der Waals surface area contributed by atoms with Gasteiger partial charge in [0.15, 0.2) is 0 Å². The molecule has 1 aliphatic carbocycles. The van der Waals surface area contributed by atoms with E-state index in [-0.39, 0.29) is 6.10 Å². The van der Waals surface area contributed by atoms with Gasteiger partial charge < -0.3 is 28.8 Å². The Kier molecular flexibility index (Phi) is 4.69. The fourth-order valence-electron chi connectivity index (χ4n) is 4.00. The summed E-state index contributed by atoms with van der Waals surface area (Å²) in [4.78, 5) is 0. The molecule has 6 heteroatoms. The molecule has 0 aromatic heterocycles. The van der Waals surface area contributed by atoms with Crippen LogP contribution in [0.4, 0.5) is 0 Å². The Morgan fingerprint density at radius 2 is 1.11 bits per heavy atom. The Bertz CT molecular complexity index is 692. The van der Waals surface area contributed by atoms with Crippen LogP contribution in [0, 0.1) is 0 Å². The first-order valence-electron chi connectivity index (χ1n) is 9.25. The third kappa shape index (κ3) is 3.29. The summed E-state index contributed by atoms with van der Waals surface area (Å²) in [5.74, 6) is 0. The lowest BCUT2D eigenvalue weighted by Crippen LogP contribution is -2.75. The van der Waals surface area contributed by atoms with Crippen LogP contribution in [0.1, 0.15) is 11.1 Å². The summed E-state index contributed by atoms with van der Waals surface area (Å²) in [5, 5.41) is 10.7. The van der Waals surface area contributed by atoms with Crippen molar-refractivity contribution in [3.63, 3.8) is 0 Å². The van der Waals surface area contributed by atoms with E-state index in [4.69, 9.17) is 23.7 Å². The van der Waals surface area contributed by atoms with Gasteiger partial charge in [-0.1, -0.05) is 60.7 Å². The number of ether oxygens (including phenoxy) is 5. The van der Waals surface area contributed by atoms with E-state index in [1.807, 2.05) is 60.7 Å². The average molecular weight is 370 g/mol. The van der Waals surface area contributed by atoms with Crippen molar-refractivity contribution in [3.05, 3.63) is 71.8 Å². The van der Waals surface area contributed by atoms with Gasteiger partial charge >= 0.3 is 0 Å². The quantitative estimate of drug-likeness (QED) is 0.839. The molecule has 3 aliphatic heterocycles. The summed E-state index contributed by atoms with van der Waals surface area (Å²) >= 11 is 0. The fraction of sp³-hybridized carbons (Fsp3) is 0.429. The maximum atomic E-state index is 10.7. The smallest absolute Gasteiger partial charge is 0.272 e. The van der Waals surface area contributed by atoms with Crippen molar-refractivity contribution < 1.29 is 28.8 Å². The van der Waals surface area contributed by atoms with Gasteiger partial charge in [0.25, 0.3) is 6.48 Å². The van der Waals surface area contributed by atoms with Gasteiger partial charge in [0, 0.05) is 0 Å². The van der Waals surface area contributed by atoms with Crippen LogP contribution < -0.4 is 0 Å². The van der Waals surface area contributed by atoms with E-state index >= 15 is 0 Å². The summed E-state index contributed by atoms with van der Waals surface area (Å²) in [6.45, 7) is 0.0700. The van der Waals surface area contributed by atoms with Gasteiger partial charge in [0.05, 0.1) is 13.2 Å². The largest absolute Gasteiger partial charge is 0.387 e. The third-order valence-corrected chi connectivity index (χ3v) is 5.34. The van der Waals surface area contributed by atoms with Crippen LogP contribution in [0.3, 0.4) is 0 Å². The first-order chi connectivity index (χ1) is 13.3. The minimum atomic E-state index is -0.817. The molecule has 2 aromatic carbocycles. The molecule has 6 nitrogen and oxygen atoms in total. The summed E-state index contributed by atoms with van der Waals surface area (Å²) < 4.78 is 29.4. The van der Waals surface area contributed by atoms with E-state index in [0.717, 1.165) is 11.1 Å². The molecular weight excluding hydrogens is 348 g/mol. The predicted octanol–water partition coefficient (Wildman–Crippen LogP) is 2.00. The van der Waals surface area contributed by atoms with Crippen molar-refractivity contribution >= 4 is 0 Å². The molecule has 1 saturated carbocycles. The maximum Gasteiger partial charge on any atom is 0.272 e. The number of aliphatic hydroxyl groups excluding tert-OH is 1. The second kappa shape index (κ2) is 7.31. The molecule has 3 heterocycles. The van der Waals surface area contributed by atoms with Gasteiger partial charge in [-0.15, -0.1) is 0 Å². The normalized spacial score (nSPS) is 36.9. The van der Waals surface area contributed by atoms with Crippen molar-refractivity contribution in [2.24, 2.45) is 0 Å². The highest BCUT2D eigenvalue weighted by Gasteiger charge is 2.62. The van der Waals surface area contributed by atoms with Crippen molar-refractivity contribution in [3.8, 4) is 0 Å². The van der Waals surface area contributed by atoms with Gasteiger partial charge in [0.1, 0.15) is 36.6 Å². The lowest BCUT2D eigenvalue weighted by molar-refractivity contribution is -0.487. The van der Waals surface area contributed by atoms with Crippen molar-refractivity contribution in [1.29, 1.82) is 0 Å². The van der Waals surface area contributed by atoms with Crippen LogP contribution in [-0.2, 0) is 36.9 Å². The van der Waals surface area contributed by atoms with E-state index in [9.17, 15) is 5.11 Å². The minimum absolute atomic E-state index is 0.344. The molecule has 4 bridgehead atoms. The van der Waals surface area contributed by atoms with E-state index in [1.165, 1.54) is 0 Å². The van der Waals surface area contributed by atoms with Gasteiger partial charge in [0.2, 0.25) is 0 Å². The topological polar surface area (TPSA) is 66.4 Å². The molecular formula is C21H22O6. The van der Waals surface area contributed by atoms with Crippen LogP contribution in [0.15, 0.2) is 60.7 Å². The lowest BCUT2D eigenvalue weighted by Gasteiger charge is -2.57. The van der Waals surface area contributed by atoms with E-state index in [1.54, 1.807) is 0 Å². The van der Waals surface area contributed by atoms with Gasteiger partial charge in [-0.3, -0.25) is 0 Å². The summed E-state index contributed by atoms with van der Waals surface area (Å²) in [7, 11) is 0. The molecule has 2 aromatic rings. The second-order valence-electron chi connectivity index (χ2n) is 7.10. The number of benzene rings is 2. The highest BCUT2D eigenvalue weighted by atomic mass is 16.9. The molecule has 0 amide bonds. The van der Waals surface area contributed by atoms with E-state index in [0.29, 0.717) is 13.2 Å². The van der Waals surface area contributed by atoms with Crippen molar-refractivity contribution in [1.82, 2.24) is 0 Å². The maximum absolute atomic E-state index is 10.7. The van der Waals surface area contributed by atoms with Crippen LogP contribution in [-0.4, -0.2) is 48.2 Å². The molecule has 4 aliphatic rings. The monoisotopic (exact) mass is 370 g/mol. The summed E-state index contributed by atoms with van der Waals surface area (Å²) in [6, 6.07) is 19.8. The highest BCUT2D eigenvalue weighted by molar-refractivity contribution is 5.15. The number of rotatable bonds is 6. The van der Waals surface area contributed by atoms with E-state index in [2.05, 4.69) is 0 Å². The average Bonchev–Trinajstić information content (AvgIpc) is 2.72. The van der Waals surface area contributed by atoms with Gasteiger partial charge in [-0.05, 0) is 11.1 Å². The SMILES string of the molecule is OC1C2OC3OC(C2OCc2ccccc2)C(OCc2ccccc2)[C@H]1O3. The fourth-order valence-corrected chi connectivity index (χ4v) is 4.00. The summed E-state index contributed by atoms with van der Waals surface area (Å²) in [6.07, 6.45) is -2.96. The zero-order chi connectivity index (χ0) is 18.2. The predicted molar refractivity (Wildman–Crippen MR) is 94.5 cm³/mol. The minimum Gasteiger partial charge on any atom is -0.387 e. The lowest BCUT2D eigenvalue weighted by atomic mass is 9.82. The molecule has 1 N–H and O–H groups in total. The molecule has 4 fully saturated rings. The van der Waals surface area contributed by atoms with Crippen molar-refractivity contribution in [2.45, 2.75) is 56.3 Å². The van der Waals surface area contributed by atoms with Gasteiger partial charge in [-0.25, -0.2) is 0 Å². The van der Waals surface area contributed by atoms with E-state index < -0.39 is 37.0 Å². The Morgan fingerprint density at radius 3 is 1.59 bits per heavy atom. The van der Waals surface area contributed by atoms with Crippen LogP contribution >= 0.6 is 0 Å². The summed E-state index contributed by atoms with van der Waals surface area (Å²) in [5.41, 5.74) is 2.11. The highest BCUT2D eigenvalue weighted by Crippen LogP contribution is 2.42. The number of hydrogen-bond donors (Lipinski definition) is 1. The molecule has 6 rings (SSSR count). The zero-order valence-corrected chi connectivity index (χ0v) is 14.7. The van der Waals surface area contributed by atoms with Crippen LogP contribution in [0.25, 0.3) is 0 Å². The number of aliphatic hydroxyl groups is 1. The van der Waals surface area contributed by atoms with Crippen LogP contribution in [0.5, 0.6) is 0 Å². The standard InChI is InChI=1S/C21H22O6/c22-15-16-18(23-11-13-7-3-1-4-8-13)20-19(17(15)26-21(25-16)27-20)24-12-14-9-5-2-6-10-14/h1-10,15-22H,11-12H2/t15?,16-,17?,18?,19?,20?,21?/m0/s1. The van der Waals surface area contributed by atoms with Gasteiger partial charge in [-0.2, -0.15) is 0 Å².